The van der Waals surface area contributed by atoms with Gasteiger partial charge in [-0.3, -0.25) is 9.63 Å². The van der Waals surface area contributed by atoms with E-state index in [0.717, 1.165) is 6.19 Å². The maximum atomic E-state index is 11.6. The molecule has 1 fully saturated rings. The van der Waals surface area contributed by atoms with Gasteiger partial charge >= 0.3 is 5.97 Å². The normalized spacial score (nSPS) is 27.6. The first-order chi connectivity index (χ1) is 9.13. The van der Waals surface area contributed by atoms with Gasteiger partial charge in [0.1, 0.15) is 6.04 Å². The van der Waals surface area contributed by atoms with Gasteiger partial charge in [0.25, 0.3) is 7.41 Å². The summed E-state index contributed by atoms with van der Waals surface area (Å²) in [5, 5.41) is 9.98. The van der Waals surface area contributed by atoms with Crippen LogP contribution in [-0.4, -0.2) is 67.9 Å². The van der Waals surface area contributed by atoms with Crippen LogP contribution in [0.25, 0.3) is 0 Å². The third kappa shape index (κ3) is 4.43. The summed E-state index contributed by atoms with van der Waals surface area (Å²) in [7, 11) is 1.39. The number of piperidine rings is 1. The average molecular weight is 270 g/mol. The molecule has 106 valence electrons. The summed E-state index contributed by atoms with van der Waals surface area (Å²) < 4.78 is 4.68. The van der Waals surface area contributed by atoms with Crippen LogP contribution in [0, 0.1) is 0 Å². The van der Waals surface area contributed by atoms with Gasteiger partial charge < -0.3 is 19.4 Å². The van der Waals surface area contributed by atoms with E-state index in [1.807, 2.05) is 0 Å². The molecule has 0 saturated carbocycles. The number of carbonyl (C=O) groups excluding carboxylic acids is 2. The lowest BCUT2D eigenvalue weighted by Crippen LogP contribution is -2.60. The maximum absolute atomic E-state index is 11.6. The first kappa shape index (κ1) is 15.8. The molecule has 0 aliphatic carbocycles. The van der Waals surface area contributed by atoms with Crippen LogP contribution in [0.4, 0.5) is 0 Å². The smallest absolute Gasteiger partial charge is 0.322 e. The largest absolute Gasteiger partial charge is 0.468 e. The van der Waals surface area contributed by atoms with Crippen molar-refractivity contribution in [3.05, 3.63) is 12.7 Å². The number of hydrogen-bond donors (Lipinski definition) is 2. The zero-order valence-electron chi connectivity index (χ0n) is 10.9. The molecular formula is C11H19BN2O5. The summed E-state index contributed by atoms with van der Waals surface area (Å²) in [6, 6.07) is -0.983. The van der Waals surface area contributed by atoms with E-state index in [9.17, 15) is 14.7 Å². The summed E-state index contributed by atoms with van der Waals surface area (Å²) in [6.07, 6.45) is 1.73. The number of methoxy groups -OCH3 is 1. The predicted molar refractivity (Wildman–Crippen MR) is 70.1 cm³/mol. The van der Waals surface area contributed by atoms with E-state index < -0.39 is 18.1 Å². The number of aliphatic hydroxyl groups excluding tert-OH is 1. The number of hydrogen-bond acceptors (Lipinski definition) is 7. The molecule has 1 saturated heterocycles. The minimum absolute atomic E-state index is 0.103. The number of aliphatic hydroxyl groups is 1. The van der Waals surface area contributed by atoms with Crippen LogP contribution in [0.2, 0.25) is 0 Å². The minimum atomic E-state index is -0.753. The lowest BCUT2D eigenvalue weighted by Gasteiger charge is -2.40. The van der Waals surface area contributed by atoms with Crippen molar-refractivity contribution in [1.29, 1.82) is 0 Å². The van der Waals surface area contributed by atoms with Crippen molar-refractivity contribution in [3.8, 4) is 0 Å². The summed E-state index contributed by atoms with van der Waals surface area (Å²) in [4.78, 5) is 29.0. The molecule has 0 unspecified atom stereocenters. The molecule has 1 heterocycles. The first-order valence-corrected chi connectivity index (χ1v) is 6.05. The fraction of sp³-hybridized carbons (Fsp3) is 0.636. The van der Waals surface area contributed by atoms with E-state index in [0.29, 0.717) is 13.2 Å². The molecule has 0 aromatic heterocycles. The van der Waals surface area contributed by atoms with Crippen molar-refractivity contribution >= 4 is 19.6 Å². The van der Waals surface area contributed by atoms with Gasteiger partial charge in [0.05, 0.1) is 32.0 Å². The Morgan fingerprint density at radius 3 is 3.00 bits per heavy atom. The maximum Gasteiger partial charge on any atom is 0.322 e. The second kappa shape index (κ2) is 8.06. The summed E-state index contributed by atoms with van der Waals surface area (Å²) >= 11 is 0. The predicted octanol–water partition coefficient (Wildman–Crippen LogP) is -1.79. The van der Waals surface area contributed by atoms with Crippen LogP contribution < -0.4 is 5.48 Å². The average Bonchev–Trinajstić information content (AvgIpc) is 2.41. The van der Waals surface area contributed by atoms with Crippen molar-refractivity contribution < 1.29 is 24.3 Å². The highest BCUT2D eigenvalue weighted by atomic mass is 16.6. The molecule has 2 N–H and O–H groups in total. The Bertz CT molecular complexity index is 328. The second-order valence-corrected chi connectivity index (χ2v) is 4.29. The Kier molecular flexibility index (Phi) is 6.72. The Labute approximate surface area is 112 Å². The van der Waals surface area contributed by atoms with E-state index in [1.165, 1.54) is 7.11 Å². The molecule has 1 aliphatic heterocycles. The highest BCUT2D eigenvalue weighted by molar-refractivity contribution is 6.64. The highest BCUT2D eigenvalue weighted by Crippen LogP contribution is 2.18. The van der Waals surface area contributed by atoms with Crippen LogP contribution >= 0.6 is 0 Å². The standard InChI is InChI=1S/C11H19BN2O5/c1-3-4-19-13-8-6-14(12-7-15)9(5-10(8)16)11(17)18-2/h3,7-10,12-13,16H,1,4-6H2,2H3/t8-,9-,10-/m0/s1. The van der Waals surface area contributed by atoms with Crippen LogP contribution in [-0.2, 0) is 19.2 Å². The Morgan fingerprint density at radius 2 is 2.42 bits per heavy atom. The highest BCUT2D eigenvalue weighted by Gasteiger charge is 2.38. The number of esters is 1. The molecule has 0 aromatic rings. The molecule has 1 aliphatic rings. The lowest BCUT2D eigenvalue weighted by atomic mass is 9.84. The van der Waals surface area contributed by atoms with E-state index in [-0.39, 0.29) is 19.9 Å². The van der Waals surface area contributed by atoms with Crippen LogP contribution in [0.1, 0.15) is 6.42 Å². The SMILES string of the molecule is C=CCON[C@H]1CN(BC=O)[C@H](C(=O)OC)C[C@@H]1O. The molecule has 19 heavy (non-hydrogen) atoms. The molecule has 0 spiro atoms. The zero-order valence-corrected chi connectivity index (χ0v) is 10.9. The van der Waals surface area contributed by atoms with Crippen molar-refractivity contribution in [3.63, 3.8) is 0 Å². The Morgan fingerprint density at radius 1 is 1.68 bits per heavy atom. The van der Waals surface area contributed by atoms with E-state index in [2.05, 4.69) is 16.8 Å². The number of nitrogens with one attached hydrogen (secondary N) is 1. The molecule has 1 rings (SSSR count). The summed E-state index contributed by atoms with van der Waals surface area (Å²) in [6.45, 7) is 4.13. The van der Waals surface area contributed by atoms with Crippen LogP contribution in [0.3, 0.4) is 0 Å². The van der Waals surface area contributed by atoms with Gasteiger partial charge in [-0.1, -0.05) is 6.08 Å². The quantitative estimate of drug-likeness (QED) is 0.141. The van der Waals surface area contributed by atoms with Crippen molar-refractivity contribution in [1.82, 2.24) is 10.3 Å². The molecule has 7 nitrogen and oxygen atoms in total. The van der Waals surface area contributed by atoms with E-state index in [4.69, 9.17) is 4.84 Å². The molecule has 8 heteroatoms. The summed E-state index contributed by atoms with van der Waals surface area (Å²) in [5.41, 5.74) is 2.71. The van der Waals surface area contributed by atoms with Crippen molar-refractivity contribution in [2.24, 2.45) is 0 Å². The minimum Gasteiger partial charge on any atom is -0.468 e. The lowest BCUT2D eigenvalue weighted by molar-refractivity contribution is -0.149. The molecule has 3 atom stereocenters. The van der Waals surface area contributed by atoms with Gasteiger partial charge in [-0.15, -0.1) is 6.58 Å². The van der Waals surface area contributed by atoms with Gasteiger partial charge in [-0.25, -0.2) is 0 Å². The number of ether oxygens (including phenoxy) is 1. The monoisotopic (exact) mass is 270 g/mol. The molecular weight excluding hydrogens is 251 g/mol. The Balaban J connectivity index is 2.64. The van der Waals surface area contributed by atoms with Gasteiger partial charge in [0, 0.05) is 13.0 Å². The van der Waals surface area contributed by atoms with E-state index >= 15 is 0 Å². The number of hydroxylamine groups is 1. The van der Waals surface area contributed by atoms with Gasteiger partial charge in [0.2, 0.25) is 0 Å². The number of carbonyl (C=O) groups is 2. The third-order valence-electron chi connectivity index (χ3n) is 3.02. The van der Waals surface area contributed by atoms with Gasteiger partial charge in [-0.05, 0) is 0 Å². The first-order valence-electron chi connectivity index (χ1n) is 6.05. The number of nitrogens with zero attached hydrogens (tertiary/aromatic N) is 1. The second-order valence-electron chi connectivity index (χ2n) is 4.29. The van der Waals surface area contributed by atoms with Crippen LogP contribution in [0.5, 0.6) is 0 Å². The molecule has 0 aromatic carbocycles. The van der Waals surface area contributed by atoms with Crippen molar-refractivity contribution in [2.45, 2.75) is 24.6 Å². The molecule has 0 bridgehead atoms. The van der Waals surface area contributed by atoms with Gasteiger partial charge in [0.15, 0.2) is 0 Å². The number of rotatable bonds is 7. The fourth-order valence-electron chi connectivity index (χ4n) is 2.05. The van der Waals surface area contributed by atoms with Crippen molar-refractivity contribution in [2.75, 3.05) is 20.3 Å². The zero-order chi connectivity index (χ0) is 14.3. The third-order valence-corrected chi connectivity index (χ3v) is 3.02. The topological polar surface area (TPSA) is 88.1 Å². The molecule has 0 amide bonds. The summed E-state index contributed by atoms with van der Waals surface area (Å²) in [5.74, 6) is -0.452. The Hall–Kier alpha value is -1.22. The molecule has 0 radical (unpaired) electrons. The van der Waals surface area contributed by atoms with E-state index in [1.54, 1.807) is 10.9 Å². The fourth-order valence-corrected chi connectivity index (χ4v) is 2.05. The van der Waals surface area contributed by atoms with Crippen LogP contribution in [0.15, 0.2) is 12.7 Å². The van der Waals surface area contributed by atoms with Gasteiger partial charge in [-0.2, -0.15) is 5.48 Å².